The van der Waals surface area contributed by atoms with E-state index in [4.69, 9.17) is 9.47 Å². The number of carbonyl (C=O) groups is 3. The quantitative estimate of drug-likeness (QED) is 0.471. The van der Waals surface area contributed by atoms with Gasteiger partial charge in [-0.2, -0.15) is 0 Å². The number of benzene rings is 1. The zero-order chi connectivity index (χ0) is 18.7. The van der Waals surface area contributed by atoms with Crippen LogP contribution in [0.4, 0.5) is 5.69 Å². The molecule has 0 saturated carbocycles. The highest BCUT2D eigenvalue weighted by molar-refractivity contribution is 5.94. The normalized spacial score (nSPS) is 10.4. The van der Waals surface area contributed by atoms with E-state index in [0.29, 0.717) is 31.0 Å². The molecular weight excluding hydrogens is 326 g/mol. The zero-order valence-corrected chi connectivity index (χ0v) is 14.8. The number of likely N-dealkylation sites (N-methyl/N-ethyl adjacent to an activating group) is 1. The largest absolute Gasteiger partial charge is 0.462 e. The van der Waals surface area contributed by atoms with Crippen molar-refractivity contribution in [1.82, 2.24) is 10.2 Å². The Kier molecular flexibility index (Phi) is 9.20. The molecule has 0 aromatic heterocycles. The molecule has 1 rings (SSSR count). The number of nitrogens with one attached hydrogen (secondary N) is 2. The summed E-state index contributed by atoms with van der Waals surface area (Å²) in [6.45, 7) is 3.10. The predicted molar refractivity (Wildman–Crippen MR) is 93.4 cm³/mol. The van der Waals surface area contributed by atoms with Crippen LogP contribution in [0.3, 0.4) is 0 Å². The lowest BCUT2D eigenvalue weighted by Gasteiger charge is -2.16. The molecular formula is C17H25N3O5. The summed E-state index contributed by atoms with van der Waals surface area (Å²) in [6, 6.07) is 6.42. The van der Waals surface area contributed by atoms with Crippen molar-refractivity contribution in [2.24, 2.45) is 0 Å². The molecule has 0 atom stereocenters. The van der Waals surface area contributed by atoms with Gasteiger partial charge in [0.15, 0.2) is 0 Å². The molecule has 1 aromatic rings. The van der Waals surface area contributed by atoms with Crippen LogP contribution in [0, 0.1) is 0 Å². The van der Waals surface area contributed by atoms with Gasteiger partial charge >= 0.3 is 5.97 Å². The third kappa shape index (κ3) is 8.27. The van der Waals surface area contributed by atoms with Gasteiger partial charge < -0.3 is 20.1 Å². The number of hydrogen-bond acceptors (Lipinski definition) is 6. The number of esters is 1. The average molecular weight is 351 g/mol. The van der Waals surface area contributed by atoms with Crippen LogP contribution in [-0.4, -0.2) is 69.7 Å². The van der Waals surface area contributed by atoms with E-state index in [0.717, 1.165) is 0 Å². The van der Waals surface area contributed by atoms with Crippen LogP contribution in [0.25, 0.3) is 0 Å². The Morgan fingerprint density at radius 2 is 1.72 bits per heavy atom. The minimum absolute atomic E-state index is 0.0668. The van der Waals surface area contributed by atoms with Gasteiger partial charge in [0.2, 0.25) is 11.8 Å². The van der Waals surface area contributed by atoms with E-state index in [9.17, 15) is 14.4 Å². The molecule has 0 fully saturated rings. The zero-order valence-electron chi connectivity index (χ0n) is 14.8. The summed E-state index contributed by atoms with van der Waals surface area (Å²) in [7, 11) is 3.24. The Balaban J connectivity index is 2.40. The van der Waals surface area contributed by atoms with Crippen LogP contribution in [0.1, 0.15) is 17.3 Å². The Labute approximate surface area is 147 Å². The van der Waals surface area contributed by atoms with Crippen LogP contribution in [-0.2, 0) is 19.1 Å². The van der Waals surface area contributed by atoms with Crippen molar-refractivity contribution in [3.63, 3.8) is 0 Å². The number of hydrogen-bond donors (Lipinski definition) is 2. The fourth-order valence-electron chi connectivity index (χ4n) is 2.00. The topological polar surface area (TPSA) is 97.0 Å². The number of nitrogens with zero attached hydrogens (tertiary/aromatic N) is 1. The summed E-state index contributed by atoms with van der Waals surface area (Å²) in [6.07, 6.45) is 0. The van der Waals surface area contributed by atoms with Crippen molar-refractivity contribution >= 4 is 23.5 Å². The molecule has 0 unspecified atom stereocenters. The molecule has 0 spiro atoms. The van der Waals surface area contributed by atoms with Crippen LogP contribution >= 0.6 is 0 Å². The van der Waals surface area contributed by atoms with E-state index in [1.54, 1.807) is 50.2 Å². The Morgan fingerprint density at radius 1 is 1.08 bits per heavy atom. The molecule has 0 saturated heterocycles. The van der Waals surface area contributed by atoms with Gasteiger partial charge in [0, 0.05) is 19.3 Å². The second-order valence-corrected chi connectivity index (χ2v) is 5.36. The second kappa shape index (κ2) is 11.2. The maximum Gasteiger partial charge on any atom is 0.338 e. The minimum atomic E-state index is -0.403. The van der Waals surface area contributed by atoms with Gasteiger partial charge in [-0.15, -0.1) is 0 Å². The van der Waals surface area contributed by atoms with Gasteiger partial charge in [0.1, 0.15) is 0 Å². The van der Waals surface area contributed by atoms with Crippen molar-refractivity contribution in [2.45, 2.75) is 6.92 Å². The van der Waals surface area contributed by atoms with E-state index >= 15 is 0 Å². The summed E-state index contributed by atoms with van der Waals surface area (Å²) in [5.41, 5.74) is 0.987. The summed E-state index contributed by atoms with van der Waals surface area (Å²) in [5, 5.41) is 5.40. The van der Waals surface area contributed by atoms with Gasteiger partial charge in [-0.05, 0) is 38.2 Å². The number of ether oxygens (including phenoxy) is 2. The first-order valence-electron chi connectivity index (χ1n) is 7.97. The van der Waals surface area contributed by atoms with Crippen molar-refractivity contribution in [1.29, 1.82) is 0 Å². The number of amides is 2. The molecule has 0 aliphatic heterocycles. The lowest BCUT2D eigenvalue weighted by Crippen LogP contribution is -2.39. The molecule has 0 aliphatic carbocycles. The van der Waals surface area contributed by atoms with Crippen LogP contribution < -0.4 is 10.6 Å². The van der Waals surface area contributed by atoms with Crippen LogP contribution in [0.15, 0.2) is 24.3 Å². The molecule has 0 heterocycles. The van der Waals surface area contributed by atoms with E-state index < -0.39 is 5.97 Å². The molecule has 2 amide bonds. The first-order valence-corrected chi connectivity index (χ1v) is 7.97. The van der Waals surface area contributed by atoms with Gasteiger partial charge in [-0.25, -0.2) is 4.79 Å². The number of rotatable bonds is 10. The first kappa shape index (κ1) is 20.6. The van der Waals surface area contributed by atoms with Crippen molar-refractivity contribution < 1.29 is 23.9 Å². The maximum absolute atomic E-state index is 12.0. The monoisotopic (exact) mass is 351 g/mol. The lowest BCUT2D eigenvalue weighted by molar-refractivity contribution is -0.123. The molecule has 8 nitrogen and oxygen atoms in total. The highest BCUT2D eigenvalue weighted by Gasteiger charge is 2.11. The smallest absolute Gasteiger partial charge is 0.338 e. The molecule has 8 heteroatoms. The highest BCUT2D eigenvalue weighted by Crippen LogP contribution is 2.10. The maximum atomic E-state index is 12.0. The fraction of sp³-hybridized carbons (Fsp3) is 0.471. The Bertz CT molecular complexity index is 574. The second-order valence-electron chi connectivity index (χ2n) is 5.36. The molecule has 0 bridgehead atoms. The first-order chi connectivity index (χ1) is 12.0. The lowest BCUT2D eigenvalue weighted by atomic mass is 10.2. The van der Waals surface area contributed by atoms with Crippen molar-refractivity contribution in [2.75, 3.05) is 52.3 Å². The average Bonchev–Trinajstić information content (AvgIpc) is 2.55. The molecule has 25 heavy (non-hydrogen) atoms. The summed E-state index contributed by atoms with van der Waals surface area (Å²) < 4.78 is 9.74. The van der Waals surface area contributed by atoms with E-state index in [1.165, 1.54) is 0 Å². The van der Waals surface area contributed by atoms with E-state index in [1.807, 2.05) is 0 Å². The molecule has 1 aromatic carbocycles. The number of anilines is 1. The number of carbonyl (C=O) groups excluding carboxylic acids is 3. The SMILES string of the molecule is CCOC(=O)c1ccc(NC(=O)CN(C)CC(=O)NCCOC)cc1. The van der Waals surface area contributed by atoms with E-state index in [2.05, 4.69) is 10.6 Å². The third-order valence-corrected chi connectivity index (χ3v) is 3.14. The van der Waals surface area contributed by atoms with E-state index in [-0.39, 0.29) is 24.9 Å². The summed E-state index contributed by atoms with van der Waals surface area (Å²) in [4.78, 5) is 36.8. The summed E-state index contributed by atoms with van der Waals surface area (Å²) >= 11 is 0. The highest BCUT2D eigenvalue weighted by atomic mass is 16.5. The Morgan fingerprint density at radius 3 is 2.32 bits per heavy atom. The van der Waals surface area contributed by atoms with Gasteiger partial charge in [-0.1, -0.05) is 0 Å². The third-order valence-electron chi connectivity index (χ3n) is 3.14. The molecule has 0 radical (unpaired) electrons. The van der Waals surface area contributed by atoms with Gasteiger partial charge in [-0.3, -0.25) is 14.5 Å². The Hall–Kier alpha value is -2.45. The standard InChI is InChI=1S/C17H25N3O5/c1-4-25-17(23)13-5-7-14(8-6-13)19-16(22)12-20(2)11-15(21)18-9-10-24-3/h5-8H,4,9-12H2,1-3H3,(H,18,21)(H,19,22). The summed E-state index contributed by atoms with van der Waals surface area (Å²) in [5.74, 6) is -0.832. The molecule has 2 N–H and O–H groups in total. The van der Waals surface area contributed by atoms with Crippen molar-refractivity contribution in [3.8, 4) is 0 Å². The van der Waals surface area contributed by atoms with Gasteiger partial charge in [0.05, 0.1) is 31.9 Å². The van der Waals surface area contributed by atoms with Gasteiger partial charge in [0.25, 0.3) is 0 Å². The molecule has 0 aliphatic rings. The minimum Gasteiger partial charge on any atom is -0.462 e. The number of methoxy groups -OCH3 is 1. The van der Waals surface area contributed by atoms with Crippen LogP contribution in [0.5, 0.6) is 0 Å². The fourth-order valence-corrected chi connectivity index (χ4v) is 2.00. The molecule has 138 valence electrons. The van der Waals surface area contributed by atoms with Crippen molar-refractivity contribution in [3.05, 3.63) is 29.8 Å². The van der Waals surface area contributed by atoms with Crippen LogP contribution in [0.2, 0.25) is 0 Å². The predicted octanol–water partition coefficient (Wildman–Crippen LogP) is 0.496.